The Hall–Kier alpha value is -3.40. The van der Waals surface area contributed by atoms with Gasteiger partial charge in [-0.3, -0.25) is 9.59 Å². The van der Waals surface area contributed by atoms with E-state index in [9.17, 15) is 9.59 Å². The van der Waals surface area contributed by atoms with Crippen molar-refractivity contribution in [3.05, 3.63) is 101 Å². The van der Waals surface area contributed by atoms with Gasteiger partial charge in [-0.15, -0.1) is 0 Å². The fourth-order valence-corrected chi connectivity index (χ4v) is 2.85. The first-order valence-corrected chi connectivity index (χ1v) is 8.84. The van der Waals surface area contributed by atoms with Gasteiger partial charge in [0.1, 0.15) is 0 Å². The van der Waals surface area contributed by atoms with E-state index in [4.69, 9.17) is 0 Å². The zero-order chi connectivity index (χ0) is 19.2. The van der Waals surface area contributed by atoms with Crippen LogP contribution in [-0.2, 0) is 6.54 Å². The predicted molar refractivity (Wildman–Crippen MR) is 108 cm³/mol. The molecule has 0 unspecified atom stereocenters. The number of carbonyl (C=O) groups is 2. The zero-order valence-corrected chi connectivity index (χ0v) is 15.5. The van der Waals surface area contributed by atoms with E-state index in [1.54, 1.807) is 30.3 Å². The van der Waals surface area contributed by atoms with E-state index in [0.717, 1.165) is 16.7 Å². The summed E-state index contributed by atoms with van der Waals surface area (Å²) in [6.45, 7) is 4.38. The maximum Gasteiger partial charge on any atom is 0.255 e. The lowest BCUT2D eigenvalue weighted by Crippen LogP contribution is -2.25. The third-order valence-electron chi connectivity index (χ3n) is 4.40. The van der Waals surface area contributed by atoms with Gasteiger partial charge in [0.2, 0.25) is 0 Å². The molecular weight excluding hydrogens is 336 g/mol. The number of rotatable bonds is 5. The summed E-state index contributed by atoms with van der Waals surface area (Å²) in [6, 6.07) is 22.3. The topological polar surface area (TPSA) is 58.2 Å². The van der Waals surface area contributed by atoms with E-state index in [1.165, 1.54) is 0 Å². The summed E-state index contributed by atoms with van der Waals surface area (Å²) in [5, 5.41) is 5.77. The van der Waals surface area contributed by atoms with Crippen molar-refractivity contribution in [3.63, 3.8) is 0 Å². The van der Waals surface area contributed by atoms with Crippen LogP contribution in [0.3, 0.4) is 0 Å². The molecule has 3 rings (SSSR count). The Morgan fingerprint density at radius 2 is 1.56 bits per heavy atom. The van der Waals surface area contributed by atoms with Gasteiger partial charge in [-0.1, -0.05) is 54.1 Å². The molecule has 0 fully saturated rings. The molecule has 0 aromatic heterocycles. The Balaban J connectivity index is 1.74. The highest BCUT2D eigenvalue weighted by Gasteiger charge is 2.14. The summed E-state index contributed by atoms with van der Waals surface area (Å²) < 4.78 is 0. The van der Waals surface area contributed by atoms with E-state index < -0.39 is 0 Å². The minimum absolute atomic E-state index is 0.224. The maximum atomic E-state index is 12.7. The smallest absolute Gasteiger partial charge is 0.255 e. The molecule has 0 aliphatic carbocycles. The van der Waals surface area contributed by atoms with Crippen molar-refractivity contribution >= 4 is 17.5 Å². The summed E-state index contributed by atoms with van der Waals surface area (Å²) in [6.07, 6.45) is 0. The Labute approximate surface area is 159 Å². The average molecular weight is 358 g/mol. The molecule has 0 radical (unpaired) electrons. The molecule has 0 saturated heterocycles. The van der Waals surface area contributed by atoms with Gasteiger partial charge < -0.3 is 10.6 Å². The van der Waals surface area contributed by atoms with Crippen LogP contribution in [0, 0.1) is 13.8 Å². The second kappa shape index (κ2) is 8.32. The van der Waals surface area contributed by atoms with Crippen LogP contribution in [0.25, 0.3) is 0 Å². The van der Waals surface area contributed by atoms with Gasteiger partial charge >= 0.3 is 0 Å². The first kappa shape index (κ1) is 18.4. The molecule has 3 aromatic carbocycles. The molecule has 0 spiro atoms. The summed E-state index contributed by atoms with van der Waals surface area (Å²) in [7, 11) is 0. The summed E-state index contributed by atoms with van der Waals surface area (Å²) in [4.78, 5) is 25.2. The van der Waals surface area contributed by atoms with E-state index in [0.29, 0.717) is 23.4 Å². The molecule has 2 N–H and O–H groups in total. The number of para-hydroxylation sites is 1. The van der Waals surface area contributed by atoms with Gasteiger partial charge in [-0.05, 0) is 49.2 Å². The van der Waals surface area contributed by atoms with Gasteiger partial charge in [0, 0.05) is 12.1 Å². The number of nitrogens with one attached hydrogen (secondary N) is 2. The molecule has 0 aliphatic rings. The third-order valence-corrected chi connectivity index (χ3v) is 4.40. The van der Waals surface area contributed by atoms with Gasteiger partial charge in [0.15, 0.2) is 0 Å². The van der Waals surface area contributed by atoms with Crippen molar-refractivity contribution in [1.82, 2.24) is 5.32 Å². The average Bonchev–Trinajstić information content (AvgIpc) is 2.67. The highest BCUT2D eigenvalue weighted by Crippen LogP contribution is 2.17. The molecule has 0 atom stereocenters. The van der Waals surface area contributed by atoms with Crippen molar-refractivity contribution in [3.8, 4) is 0 Å². The number of amides is 2. The number of hydrogen-bond acceptors (Lipinski definition) is 2. The minimum atomic E-state index is -0.238. The molecule has 27 heavy (non-hydrogen) atoms. The van der Waals surface area contributed by atoms with Crippen LogP contribution in [-0.4, -0.2) is 11.8 Å². The van der Waals surface area contributed by atoms with Crippen molar-refractivity contribution in [2.24, 2.45) is 0 Å². The fraction of sp³-hybridized carbons (Fsp3) is 0.130. The van der Waals surface area contributed by atoms with E-state index in [1.807, 2.05) is 56.3 Å². The van der Waals surface area contributed by atoms with Crippen LogP contribution < -0.4 is 10.6 Å². The van der Waals surface area contributed by atoms with Crippen LogP contribution in [0.5, 0.6) is 0 Å². The standard InChI is InChI=1S/C23H22N2O2/c1-16-8-7-11-18(14-16)22(26)25-21-13-6-5-12-20(21)23(27)24-15-19-10-4-3-9-17(19)2/h3-14H,15H2,1-2H3,(H,24,27)(H,25,26). The van der Waals surface area contributed by atoms with E-state index in [2.05, 4.69) is 10.6 Å². The van der Waals surface area contributed by atoms with Crippen molar-refractivity contribution in [1.29, 1.82) is 0 Å². The quantitative estimate of drug-likeness (QED) is 0.706. The first-order chi connectivity index (χ1) is 13.0. The molecule has 4 nitrogen and oxygen atoms in total. The molecular formula is C23H22N2O2. The van der Waals surface area contributed by atoms with E-state index in [-0.39, 0.29) is 11.8 Å². The Kier molecular flexibility index (Phi) is 5.67. The Morgan fingerprint density at radius 1 is 0.815 bits per heavy atom. The lowest BCUT2D eigenvalue weighted by molar-refractivity contribution is 0.0951. The lowest BCUT2D eigenvalue weighted by atomic mass is 10.1. The lowest BCUT2D eigenvalue weighted by Gasteiger charge is -2.12. The molecule has 0 aliphatic heterocycles. The first-order valence-electron chi connectivity index (χ1n) is 8.84. The fourth-order valence-electron chi connectivity index (χ4n) is 2.85. The normalized spacial score (nSPS) is 10.3. The summed E-state index contributed by atoms with van der Waals surface area (Å²) in [5.41, 5.74) is 4.68. The number of aryl methyl sites for hydroxylation is 2. The predicted octanol–water partition coefficient (Wildman–Crippen LogP) is 4.49. The monoisotopic (exact) mass is 358 g/mol. The van der Waals surface area contributed by atoms with Crippen LogP contribution in [0.4, 0.5) is 5.69 Å². The molecule has 0 saturated carbocycles. The number of benzene rings is 3. The number of anilines is 1. The Bertz CT molecular complexity index is 979. The molecule has 4 heteroatoms. The molecule has 0 heterocycles. The van der Waals surface area contributed by atoms with Crippen molar-refractivity contribution < 1.29 is 9.59 Å². The highest BCUT2D eigenvalue weighted by atomic mass is 16.2. The highest BCUT2D eigenvalue weighted by molar-refractivity contribution is 6.09. The number of carbonyl (C=O) groups excluding carboxylic acids is 2. The Morgan fingerprint density at radius 3 is 2.33 bits per heavy atom. The van der Waals surface area contributed by atoms with Crippen molar-refractivity contribution in [2.45, 2.75) is 20.4 Å². The molecule has 2 amide bonds. The third kappa shape index (κ3) is 4.61. The maximum absolute atomic E-state index is 12.7. The van der Waals surface area contributed by atoms with Crippen molar-refractivity contribution in [2.75, 3.05) is 5.32 Å². The van der Waals surface area contributed by atoms with Crippen LogP contribution in [0.2, 0.25) is 0 Å². The largest absolute Gasteiger partial charge is 0.348 e. The second-order valence-electron chi connectivity index (χ2n) is 6.48. The van der Waals surface area contributed by atoms with Gasteiger partial charge in [-0.2, -0.15) is 0 Å². The van der Waals surface area contributed by atoms with Crippen LogP contribution in [0.15, 0.2) is 72.8 Å². The van der Waals surface area contributed by atoms with E-state index >= 15 is 0 Å². The summed E-state index contributed by atoms with van der Waals surface area (Å²) in [5.74, 6) is -0.462. The zero-order valence-electron chi connectivity index (χ0n) is 15.5. The van der Waals surface area contributed by atoms with Gasteiger partial charge in [0.05, 0.1) is 11.3 Å². The van der Waals surface area contributed by atoms with Gasteiger partial charge in [0.25, 0.3) is 11.8 Å². The molecule has 136 valence electrons. The minimum Gasteiger partial charge on any atom is -0.348 e. The number of hydrogen-bond donors (Lipinski definition) is 2. The SMILES string of the molecule is Cc1cccc(C(=O)Nc2ccccc2C(=O)NCc2ccccc2C)c1. The van der Waals surface area contributed by atoms with Crippen LogP contribution in [0.1, 0.15) is 37.4 Å². The van der Waals surface area contributed by atoms with Gasteiger partial charge in [-0.25, -0.2) is 0 Å². The molecule has 0 bridgehead atoms. The van der Waals surface area contributed by atoms with Crippen LogP contribution >= 0.6 is 0 Å². The second-order valence-corrected chi connectivity index (χ2v) is 6.48. The molecule has 3 aromatic rings. The summed E-state index contributed by atoms with van der Waals surface area (Å²) >= 11 is 0.